The van der Waals surface area contributed by atoms with E-state index in [4.69, 9.17) is 30.9 Å². The molecule has 16 heteroatoms. The van der Waals surface area contributed by atoms with Gasteiger partial charge in [-0.15, -0.1) is 10.2 Å². The molecule has 4 aromatic heterocycles. The molecule has 254 valence electrons. The van der Waals surface area contributed by atoms with Gasteiger partial charge in [-0.05, 0) is 66.8 Å². The van der Waals surface area contributed by atoms with Gasteiger partial charge in [-0.25, -0.2) is 14.6 Å². The lowest BCUT2D eigenvalue weighted by atomic mass is 9.90. The highest BCUT2D eigenvalue weighted by Gasteiger charge is 2.38. The van der Waals surface area contributed by atoms with Crippen LogP contribution in [0.4, 0.5) is 11.6 Å². The summed E-state index contributed by atoms with van der Waals surface area (Å²) >= 11 is 6.47. The highest BCUT2D eigenvalue weighted by atomic mass is 35.5. The Morgan fingerprint density at radius 2 is 1.90 bits per heavy atom. The normalized spacial score (nSPS) is 20.6. The summed E-state index contributed by atoms with van der Waals surface area (Å²) in [4.78, 5) is 11.8. The molecule has 49 heavy (non-hydrogen) atoms. The fraction of sp³-hybridized carbons (Fsp3) is 0.424. The molecular formula is C33H37ClN12O3. The number of hydrogen-bond acceptors (Lipinski definition) is 12. The number of aryl methyl sites for hydroxylation is 1. The standard InChI is InChI=1S/C33H37ClN12O3/c1-21(15-44-20-37-41-42-44)49-31-11-22(3-8-29(31)34)23-13-35-33(36-14-23)39-30-17-46(40-32(30)48-18-26-9-10-38-43(26)2)25-6-4-24(5-7-25)45-16-28-12-27(45)19-47-28/h3,8-11,13-14,16-17,20-21,24-25,27H,4-7,12,15,18-19H2,1-2H3,(H,35,36,39)/t21-,24?,25?,27+/m0/s1. The van der Waals surface area contributed by atoms with Crippen molar-refractivity contribution in [2.24, 2.45) is 7.05 Å². The number of fused-ring (bicyclic) bond motifs is 2. The fourth-order valence-corrected chi connectivity index (χ4v) is 6.95. The number of nitrogens with one attached hydrogen (secondary N) is 1. The van der Waals surface area contributed by atoms with Crippen molar-refractivity contribution in [3.63, 3.8) is 0 Å². The number of ether oxygens (including phenoxy) is 3. The van der Waals surface area contributed by atoms with Crippen molar-refractivity contribution in [1.29, 1.82) is 0 Å². The maximum absolute atomic E-state index is 6.47. The zero-order valence-corrected chi connectivity index (χ0v) is 28.0. The lowest BCUT2D eigenvalue weighted by molar-refractivity contribution is 0.106. The number of hydrogen-bond donors (Lipinski definition) is 1. The molecule has 0 amide bonds. The molecule has 1 aliphatic carbocycles. The van der Waals surface area contributed by atoms with E-state index in [9.17, 15) is 0 Å². The predicted octanol–water partition coefficient (Wildman–Crippen LogP) is 4.93. The second kappa shape index (κ2) is 13.4. The van der Waals surface area contributed by atoms with Crippen LogP contribution in [0.1, 0.15) is 50.8 Å². The van der Waals surface area contributed by atoms with Gasteiger partial charge in [0.15, 0.2) is 0 Å². The third-order valence-electron chi connectivity index (χ3n) is 9.38. The number of nitrogens with zero attached hydrogens (tertiary/aromatic N) is 11. The van der Waals surface area contributed by atoms with E-state index in [1.807, 2.05) is 43.0 Å². The Labute approximate surface area is 287 Å². The predicted molar refractivity (Wildman–Crippen MR) is 179 cm³/mol. The summed E-state index contributed by atoms with van der Waals surface area (Å²) in [5.74, 6) is 2.61. The van der Waals surface area contributed by atoms with Gasteiger partial charge >= 0.3 is 0 Å². The van der Waals surface area contributed by atoms with Gasteiger partial charge in [-0.3, -0.25) is 9.36 Å². The Hall–Kier alpha value is -5.18. The van der Waals surface area contributed by atoms with Crippen molar-refractivity contribution < 1.29 is 14.2 Å². The van der Waals surface area contributed by atoms with E-state index < -0.39 is 0 Å². The Morgan fingerprint density at radius 1 is 1.06 bits per heavy atom. The Bertz CT molecular complexity index is 1920. The molecule has 1 N–H and O–H groups in total. The van der Waals surface area contributed by atoms with Crippen LogP contribution < -0.4 is 14.8 Å². The van der Waals surface area contributed by atoms with Crippen molar-refractivity contribution in [3.8, 4) is 22.8 Å². The monoisotopic (exact) mass is 684 g/mol. The van der Waals surface area contributed by atoms with Gasteiger partial charge in [-0.2, -0.15) is 5.10 Å². The summed E-state index contributed by atoms with van der Waals surface area (Å²) in [6.07, 6.45) is 16.2. The van der Waals surface area contributed by atoms with Crippen LogP contribution in [0.25, 0.3) is 11.1 Å². The van der Waals surface area contributed by atoms with Gasteiger partial charge in [0, 0.05) is 49.9 Å². The highest BCUT2D eigenvalue weighted by molar-refractivity contribution is 6.32. The maximum atomic E-state index is 6.47. The summed E-state index contributed by atoms with van der Waals surface area (Å²) in [5, 5.41) is 24.3. The molecule has 3 aliphatic rings. The Kier molecular flexibility index (Phi) is 8.49. The van der Waals surface area contributed by atoms with E-state index in [1.54, 1.807) is 40.3 Å². The molecule has 8 rings (SSSR count). The second-order valence-corrected chi connectivity index (χ2v) is 13.2. The summed E-state index contributed by atoms with van der Waals surface area (Å²) in [6, 6.07) is 8.85. The zero-order valence-electron chi connectivity index (χ0n) is 27.3. The molecule has 2 atom stereocenters. The summed E-state index contributed by atoms with van der Waals surface area (Å²) < 4.78 is 23.5. The van der Waals surface area contributed by atoms with Crippen LogP contribution >= 0.6 is 11.6 Å². The lowest BCUT2D eigenvalue weighted by Gasteiger charge is -2.38. The first-order chi connectivity index (χ1) is 23.9. The molecule has 15 nitrogen and oxygen atoms in total. The molecule has 2 bridgehead atoms. The summed E-state index contributed by atoms with van der Waals surface area (Å²) in [5.41, 5.74) is 3.33. The SMILES string of the molecule is C[C@@H](Cn1cnnn1)Oc1cc(-c2cnc(Nc3cn(C4CCC(N5C=C6C[C@@H]5CO6)CC4)nc3OCc3ccnn3C)nc2)ccc1Cl. The quantitative estimate of drug-likeness (QED) is 0.190. The van der Waals surface area contributed by atoms with Crippen molar-refractivity contribution in [2.75, 3.05) is 11.9 Å². The van der Waals surface area contributed by atoms with Gasteiger partial charge in [0.05, 0.1) is 35.5 Å². The number of anilines is 2. The number of benzene rings is 1. The van der Waals surface area contributed by atoms with Gasteiger partial charge < -0.3 is 24.4 Å². The van der Waals surface area contributed by atoms with Crippen molar-refractivity contribution in [1.82, 2.24) is 54.6 Å². The van der Waals surface area contributed by atoms with Crippen LogP contribution in [0.15, 0.2) is 67.3 Å². The Morgan fingerprint density at radius 3 is 2.61 bits per heavy atom. The molecule has 0 unspecified atom stereocenters. The van der Waals surface area contributed by atoms with Crippen LogP contribution in [-0.4, -0.2) is 79.4 Å². The number of aromatic nitrogens is 10. The molecule has 0 radical (unpaired) electrons. The molecule has 2 fully saturated rings. The van der Waals surface area contributed by atoms with Crippen molar-refractivity contribution in [2.45, 2.75) is 76.4 Å². The van der Waals surface area contributed by atoms with E-state index in [0.717, 1.165) is 61.3 Å². The average Bonchev–Trinajstić information content (AvgIpc) is 3.97. The minimum atomic E-state index is -0.211. The average molecular weight is 685 g/mol. The van der Waals surface area contributed by atoms with Gasteiger partial charge in [-0.1, -0.05) is 17.7 Å². The van der Waals surface area contributed by atoms with E-state index in [-0.39, 0.29) is 12.1 Å². The molecule has 1 saturated carbocycles. The van der Waals surface area contributed by atoms with Crippen molar-refractivity contribution >= 4 is 23.2 Å². The van der Waals surface area contributed by atoms with Crippen LogP contribution in [0.2, 0.25) is 5.02 Å². The zero-order chi connectivity index (χ0) is 33.3. The maximum Gasteiger partial charge on any atom is 0.257 e. The molecule has 6 heterocycles. The van der Waals surface area contributed by atoms with Crippen LogP contribution in [0.5, 0.6) is 11.6 Å². The summed E-state index contributed by atoms with van der Waals surface area (Å²) in [6.45, 7) is 3.56. The van der Waals surface area contributed by atoms with Crippen LogP contribution in [0, 0.1) is 0 Å². The van der Waals surface area contributed by atoms with E-state index in [1.165, 1.54) is 0 Å². The van der Waals surface area contributed by atoms with E-state index >= 15 is 0 Å². The third kappa shape index (κ3) is 6.75. The third-order valence-corrected chi connectivity index (χ3v) is 9.69. The first kappa shape index (κ1) is 31.1. The lowest BCUT2D eigenvalue weighted by Crippen LogP contribution is -2.41. The van der Waals surface area contributed by atoms with Crippen molar-refractivity contribution in [3.05, 3.63) is 78.1 Å². The molecule has 5 aromatic rings. The van der Waals surface area contributed by atoms with Crippen LogP contribution in [0.3, 0.4) is 0 Å². The number of rotatable bonds is 12. The minimum Gasteiger partial charge on any atom is -0.494 e. The molecule has 1 aromatic carbocycles. The van der Waals surface area contributed by atoms with Gasteiger partial charge in [0.1, 0.15) is 42.8 Å². The first-order valence-corrected chi connectivity index (χ1v) is 16.9. The largest absolute Gasteiger partial charge is 0.494 e. The second-order valence-electron chi connectivity index (χ2n) is 12.8. The van der Waals surface area contributed by atoms with Crippen LogP contribution in [-0.2, 0) is 24.9 Å². The fourth-order valence-electron chi connectivity index (χ4n) is 6.79. The molecule has 1 saturated heterocycles. The molecule has 2 aliphatic heterocycles. The van der Waals surface area contributed by atoms with E-state index in [0.29, 0.717) is 53.5 Å². The highest BCUT2D eigenvalue weighted by Crippen LogP contribution is 2.39. The molecular weight excluding hydrogens is 648 g/mol. The van der Waals surface area contributed by atoms with E-state index in [2.05, 4.69) is 47.0 Å². The smallest absolute Gasteiger partial charge is 0.257 e. The Balaban J connectivity index is 0.962. The first-order valence-electron chi connectivity index (χ1n) is 16.5. The number of halogens is 1. The van der Waals surface area contributed by atoms with Gasteiger partial charge in [0.25, 0.3) is 5.88 Å². The van der Waals surface area contributed by atoms with Gasteiger partial charge in [0.2, 0.25) is 5.95 Å². The summed E-state index contributed by atoms with van der Waals surface area (Å²) in [7, 11) is 1.89. The molecule has 0 spiro atoms. The topological polar surface area (TPSA) is 148 Å². The minimum absolute atomic E-state index is 0.211. The number of tetrazole rings is 1.